The van der Waals surface area contributed by atoms with E-state index in [9.17, 15) is 52.7 Å². The van der Waals surface area contributed by atoms with E-state index < -0.39 is 144 Å². The summed E-state index contributed by atoms with van der Waals surface area (Å²) >= 11 is 0. The van der Waals surface area contributed by atoms with Gasteiger partial charge < -0.3 is 0 Å². The maximum atomic E-state index is 15.4. The van der Waals surface area contributed by atoms with Crippen LogP contribution in [-0.4, -0.2) is 18.7 Å². The summed E-state index contributed by atoms with van der Waals surface area (Å²) in [5.74, 6) is -70.2. The predicted molar refractivity (Wildman–Crippen MR) is 242 cm³/mol. The van der Waals surface area contributed by atoms with Gasteiger partial charge in [0, 0.05) is 5.56 Å². The standard InChI is InChI=1S/C27H49S.C24BF20/c1-4-5-6-7-8-9-10-11-12-13-14-15-16-17-18-19-20-26-21-23-27(24-22-26)25-28(2)3;26-5-1(6(27)14(35)21(42)13(5)34)25(2-7(28)15(36)22(43)16(37)8(2)29,3-9(30)17(38)23(44)18(39)10(3)31)4-11(32)19(40)24(45)20(41)12(4)33/h21-24H,4-20,25H2,1-3H3;/q+1;-1. The average Bonchev–Trinajstić information content (AvgIpc) is 3.36. The first-order valence-electron chi connectivity index (χ1n) is 23.3. The van der Waals surface area contributed by atoms with Crippen molar-refractivity contribution in [1.82, 2.24) is 0 Å². The smallest absolute Gasteiger partial charge is 0.200 e. The first kappa shape index (κ1) is 60.7. The van der Waals surface area contributed by atoms with Crippen molar-refractivity contribution >= 4 is 38.9 Å². The molecule has 5 aromatic rings. The van der Waals surface area contributed by atoms with Gasteiger partial charge in [-0.05, 0) is 29.3 Å². The molecular weight excluding hydrogens is 1040 g/mol. The minimum absolute atomic E-state index is 0.511. The quantitative estimate of drug-likeness (QED) is 0.0153. The van der Waals surface area contributed by atoms with E-state index in [0.717, 1.165) is 0 Å². The highest BCUT2D eigenvalue weighted by Crippen LogP contribution is 2.31. The van der Waals surface area contributed by atoms with Crippen molar-refractivity contribution in [2.75, 3.05) is 12.5 Å². The van der Waals surface area contributed by atoms with Gasteiger partial charge in [-0.1, -0.05) is 128 Å². The summed E-state index contributed by atoms with van der Waals surface area (Å²) in [7, 11) is 0.511. The Kier molecular flexibility index (Phi) is 22.5. The van der Waals surface area contributed by atoms with Crippen molar-refractivity contribution in [3.05, 3.63) is 152 Å². The van der Waals surface area contributed by atoms with Crippen LogP contribution in [0.15, 0.2) is 24.3 Å². The van der Waals surface area contributed by atoms with E-state index in [-0.39, 0.29) is 0 Å². The summed E-state index contributed by atoms with van der Waals surface area (Å²) in [6.07, 6.45) is 21.9. The number of benzene rings is 5. The lowest BCUT2D eigenvalue weighted by atomic mass is 9.12. The van der Waals surface area contributed by atoms with Gasteiger partial charge in [-0.15, -0.1) is 21.9 Å². The van der Waals surface area contributed by atoms with Gasteiger partial charge in [-0.25, -0.2) is 87.8 Å². The molecule has 0 spiro atoms. The topological polar surface area (TPSA) is 0 Å². The molecule has 73 heavy (non-hydrogen) atoms. The maximum absolute atomic E-state index is 15.4. The average molecular weight is 1080 g/mol. The third-order valence-corrected chi connectivity index (χ3v) is 13.4. The van der Waals surface area contributed by atoms with Gasteiger partial charge in [0.15, 0.2) is 69.8 Å². The van der Waals surface area contributed by atoms with E-state index in [1.165, 1.54) is 126 Å². The van der Waals surface area contributed by atoms with Gasteiger partial charge in [-0.3, -0.25) is 0 Å². The number of aryl methyl sites for hydroxylation is 1. The van der Waals surface area contributed by atoms with Gasteiger partial charge in [0.25, 0.3) is 0 Å². The highest BCUT2D eigenvalue weighted by atomic mass is 32.2. The molecule has 0 aromatic heterocycles. The molecule has 0 radical (unpaired) electrons. The second-order valence-corrected chi connectivity index (χ2v) is 20.1. The molecule has 0 saturated heterocycles. The molecule has 5 aromatic carbocycles. The molecule has 402 valence electrons. The number of unbranched alkanes of at least 4 members (excludes halogenated alkanes) is 15. The zero-order valence-corrected chi connectivity index (χ0v) is 40.4. The molecule has 0 saturated carbocycles. The SMILES string of the molecule is CCCCCCCCCCCCCCCCCCc1ccc(C[S+](C)C)cc1.Fc1c(F)c(F)c([B-](c2c(F)c(F)c(F)c(F)c2F)(c2c(F)c(F)c(F)c(F)c2F)c2c(F)c(F)c(F)c(F)c2F)c(F)c1F. The Morgan fingerprint density at radius 3 is 0.685 bits per heavy atom. The van der Waals surface area contributed by atoms with Crippen LogP contribution in [0, 0.1) is 116 Å². The van der Waals surface area contributed by atoms with Crippen molar-refractivity contribution in [1.29, 1.82) is 0 Å². The zero-order chi connectivity index (χ0) is 54.6. The van der Waals surface area contributed by atoms with Crippen LogP contribution >= 0.6 is 0 Å². The van der Waals surface area contributed by atoms with Gasteiger partial charge in [0.05, 0.1) is 12.5 Å². The number of hydrogen-bond donors (Lipinski definition) is 0. The van der Waals surface area contributed by atoms with E-state index in [1.54, 1.807) is 0 Å². The summed E-state index contributed by atoms with van der Waals surface area (Å²) < 4.78 is 294. The molecule has 0 nitrogen and oxygen atoms in total. The van der Waals surface area contributed by atoms with Crippen molar-refractivity contribution in [2.24, 2.45) is 0 Å². The fraction of sp³-hybridized carbons (Fsp3) is 0.412. The first-order valence-corrected chi connectivity index (χ1v) is 25.5. The van der Waals surface area contributed by atoms with Crippen LogP contribution in [0.1, 0.15) is 121 Å². The second kappa shape index (κ2) is 27.1. The number of rotatable bonds is 23. The summed E-state index contributed by atoms with van der Waals surface area (Å²) in [6, 6.07) is 9.39. The Labute approximate surface area is 411 Å². The van der Waals surface area contributed by atoms with Crippen LogP contribution < -0.4 is 21.9 Å². The molecule has 0 fully saturated rings. The largest absolute Gasteiger partial charge is 0.207 e. The van der Waals surface area contributed by atoms with Crippen LogP contribution in [0.25, 0.3) is 0 Å². The summed E-state index contributed by atoms with van der Waals surface area (Å²) in [5.41, 5.74) is -11.3. The summed E-state index contributed by atoms with van der Waals surface area (Å²) in [5, 5.41) is 0. The summed E-state index contributed by atoms with van der Waals surface area (Å²) in [6.45, 7) is 2.30. The Morgan fingerprint density at radius 1 is 0.274 bits per heavy atom. The highest BCUT2D eigenvalue weighted by Gasteiger charge is 2.52. The molecule has 0 N–H and O–H groups in total. The molecule has 0 unspecified atom stereocenters. The first-order chi connectivity index (χ1) is 34.4. The van der Waals surface area contributed by atoms with Crippen LogP contribution in [0.2, 0.25) is 0 Å². The van der Waals surface area contributed by atoms with Crippen LogP contribution in [-0.2, 0) is 23.1 Å². The lowest BCUT2D eigenvalue weighted by Gasteiger charge is -2.44. The maximum Gasteiger partial charge on any atom is 0.200 e. The van der Waals surface area contributed by atoms with Gasteiger partial charge in [0.1, 0.15) is 58.4 Å². The minimum atomic E-state index is -7.22. The van der Waals surface area contributed by atoms with Crippen molar-refractivity contribution in [3.8, 4) is 0 Å². The number of halogens is 20. The van der Waals surface area contributed by atoms with E-state index >= 15 is 35.1 Å². The molecule has 22 heteroatoms. The third-order valence-electron chi connectivity index (χ3n) is 12.5. The molecule has 0 aliphatic heterocycles. The van der Waals surface area contributed by atoms with Crippen molar-refractivity contribution < 1.29 is 87.8 Å². The molecule has 0 amide bonds. The van der Waals surface area contributed by atoms with E-state index in [4.69, 9.17) is 0 Å². The fourth-order valence-corrected chi connectivity index (χ4v) is 9.75. The van der Waals surface area contributed by atoms with Gasteiger partial charge >= 0.3 is 0 Å². The predicted octanol–water partition coefficient (Wildman–Crippen LogP) is 14.7. The van der Waals surface area contributed by atoms with Gasteiger partial charge in [-0.2, -0.15) is 0 Å². The minimum Gasteiger partial charge on any atom is -0.207 e. The Balaban J connectivity index is 0.000000355. The molecule has 0 bridgehead atoms. The molecule has 0 aliphatic carbocycles. The van der Waals surface area contributed by atoms with Crippen molar-refractivity contribution in [2.45, 2.75) is 122 Å². The third kappa shape index (κ3) is 13.1. The highest BCUT2D eigenvalue weighted by molar-refractivity contribution is 7.94. The lowest BCUT2D eigenvalue weighted by Crippen LogP contribution is -2.81. The fourth-order valence-electron chi connectivity index (χ4n) is 8.89. The molecule has 0 atom stereocenters. The van der Waals surface area contributed by atoms with Crippen molar-refractivity contribution in [3.63, 3.8) is 0 Å². The summed E-state index contributed by atoms with van der Waals surface area (Å²) in [4.78, 5) is 0. The second-order valence-electron chi connectivity index (χ2n) is 17.8. The van der Waals surface area contributed by atoms with Gasteiger partial charge in [0.2, 0.25) is 0 Å². The monoisotopic (exact) mass is 1080 g/mol. The number of hydrogen-bond acceptors (Lipinski definition) is 0. The lowest BCUT2D eigenvalue weighted by molar-refractivity contribution is 0.378. The zero-order valence-electron chi connectivity index (χ0n) is 39.6. The van der Waals surface area contributed by atoms with Crippen LogP contribution in [0.3, 0.4) is 0 Å². The molecule has 0 heterocycles. The normalized spacial score (nSPS) is 11.8. The van der Waals surface area contributed by atoms with E-state index in [2.05, 4.69) is 43.7 Å². The molecule has 0 aliphatic rings. The Morgan fingerprint density at radius 2 is 0.466 bits per heavy atom. The van der Waals surface area contributed by atoms with Crippen LogP contribution in [0.5, 0.6) is 0 Å². The Hall–Kier alpha value is -4.89. The van der Waals surface area contributed by atoms with E-state index in [0.29, 0.717) is 10.9 Å². The molecular formula is C51H49BF20S. The molecule has 5 rings (SSSR count). The van der Waals surface area contributed by atoms with Crippen LogP contribution in [0.4, 0.5) is 87.8 Å². The van der Waals surface area contributed by atoms with E-state index in [1.807, 2.05) is 0 Å². The Bertz CT molecular complexity index is 2310.